The number of nitrogens with zero attached hydrogens (tertiary/aromatic N) is 2. The van der Waals surface area contributed by atoms with Crippen molar-refractivity contribution < 1.29 is 27.1 Å². The highest BCUT2D eigenvalue weighted by Gasteiger charge is 2.38. The lowest BCUT2D eigenvalue weighted by atomic mass is 9.91. The third-order valence-electron chi connectivity index (χ3n) is 5.28. The summed E-state index contributed by atoms with van der Waals surface area (Å²) in [6.07, 6.45) is 2.06. The van der Waals surface area contributed by atoms with Gasteiger partial charge in [-0.05, 0) is 49.4 Å². The standard InChI is InChI=1S/C18H24FN3O5S/c19-14-1-3-15(4-2-14)28(25,26)21-7-8-22(17(23)12-21)16(18(20)24)11-13-5-9-27-10-6-13/h1-4,13,16H,5-12H2,(H2,20,24). The molecule has 154 valence electrons. The van der Waals surface area contributed by atoms with E-state index in [0.717, 1.165) is 29.3 Å². The van der Waals surface area contributed by atoms with E-state index in [9.17, 15) is 22.4 Å². The topological polar surface area (TPSA) is 110 Å². The van der Waals surface area contributed by atoms with Crippen LogP contribution in [0.4, 0.5) is 4.39 Å². The Hall–Kier alpha value is -2.04. The van der Waals surface area contributed by atoms with Gasteiger partial charge in [-0.3, -0.25) is 9.59 Å². The predicted octanol–water partition coefficient (Wildman–Crippen LogP) is 0.329. The lowest BCUT2D eigenvalue weighted by Crippen LogP contribution is -2.58. The second kappa shape index (κ2) is 8.54. The highest BCUT2D eigenvalue weighted by atomic mass is 32.2. The Morgan fingerprint density at radius 3 is 2.43 bits per heavy atom. The molecule has 2 N–H and O–H groups in total. The average molecular weight is 413 g/mol. The lowest BCUT2D eigenvalue weighted by molar-refractivity contribution is -0.143. The molecule has 3 rings (SSSR count). The summed E-state index contributed by atoms with van der Waals surface area (Å²) < 4.78 is 44.8. The number of sulfonamides is 1. The molecule has 0 bridgehead atoms. The number of rotatable bonds is 6. The summed E-state index contributed by atoms with van der Waals surface area (Å²) in [5, 5.41) is 0. The number of hydrogen-bond acceptors (Lipinski definition) is 5. The van der Waals surface area contributed by atoms with Gasteiger partial charge in [0.15, 0.2) is 0 Å². The molecule has 2 heterocycles. The van der Waals surface area contributed by atoms with Crippen LogP contribution in [0.2, 0.25) is 0 Å². The van der Waals surface area contributed by atoms with Gasteiger partial charge >= 0.3 is 0 Å². The molecule has 10 heteroatoms. The monoisotopic (exact) mass is 413 g/mol. The number of nitrogens with two attached hydrogens (primary N) is 1. The van der Waals surface area contributed by atoms with Gasteiger partial charge in [0.25, 0.3) is 0 Å². The smallest absolute Gasteiger partial charge is 0.243 e. The summed E-state index contributed by atoms with van der Waals surface area (Å²) in [5.41, 5.74) is 5.54. The molecule has 2 aliphatic rings. The normalized spacial score (nSPS) is 20.9. The fourth-order valence-corrected chi connectivity index (χ4v) is 5.03. The van der Waals surface area contributed by atoms with E-state index in [0.29, 0.717) is 19.6 Å². The molecule has 0 spiro atoms. The van der Waals surface area contributed by atoms with Crippen LogP contribution >= 0.6 is 0 Å². The van der Waals surface area contributed by atoms with Crippen molar-refractivity contribution >= 4 is 21.8 Å². The van der Waals surface area contributed by atoms with Gasteiger partial charge in [0.1, 0.15) is 11.9 Å². The SMILES string of the molecule is NC(=O)C(CC1CCOCC1)N1CCN(S(=O)(=O)c2ccc(F)cc2)CC1=O. The van der Waals surface area contributed by atoms with Crippen LogP contribution in [0.15, 0.2) is 29.2 Å². The Morgan fingerprint density at radius 2 is 1.86 bits per heavy atom. The van der Waals surface area contributed by atoms with Gasteiger partial charge in [0, 0.05) is 26.3 Å². The number of carbonyl (C=O) groups excluding carboxylic acids is 2. The van der Waals surface area contributed by atoms with E-state index in [1.54, 1.807) is 0 Å². The maximum Gasteiger partial charge on any atom is 0.243 e. The minimum atomic E-state index is -3.92. The van der Waals surface area contributed by atoms with Crippen molar-refractivity contribution in [2.24, 2.45) is 11.7 Å². The van der Waals surface area contributed by atoms with Crippen LogP contribution in [0.25, 0.3) is 0 Å². The van der Waals surface area contributed by atoms with Crippen molar-refractivity contribution in [2.45, 2.75) is 30.2 Å². The van der Waals surface area contributed by atoms with Gasteiger partial charge in [-0.15, -0.1) is 0 Å². The Morgan fingerprint density at radius 1 is 1.21 bits per heavy atom. The molecule has 1 unspecified atom stereocenters. The zero-order valence-electron chi connectivity index (χ0n) is 15.4. The first-order valence-corrected chi connectivity index (χ1v) is 10.7. The molecule has 1 atom stereocenters. The predicted molar refractivity (Wildman–Crippen MR) is 98.0 cm³/mol. The van der Waals surface area contributed by atoms with Gasteiger partial charge in [-0.1, -0.05) is 0 Å². The van der Waals surface area contributed by atoms with Gasteiger partial charge in [-0.2, -0.15) is 4.31 Å². The number of halogens is 1. The van der Waals surface area contributed by atoms with Crippen molar-refractivity contribution in [3.63, 3.8) is 0 Å². The first kappa shape index (κ1) is 20.7. The molecule has 0 aromatic heterocycles. The Kier molecular flexibility index (Phi) is 6.31. The number of piperazine rings is 1. The molecule has 2 fully saturated rings. The quantitative estimate of drug-likeness (QED) is 0.723. The minimum Gasteiger partial charge on any atom is -0.381 e. The van der Waals surface area contributed by atoms with Crippen LogP contribution in [0.1, 0.15) is 19.3 Å². The van der Waals surface area contributed by atoms with Crippen molar-refractivity contribution in [2.75, 3.05) is 32.8 Å². The highest BCUT2D eigenvalue weighted by Crippen LogP contribution is 2.25. The molecular weight excluding hydrogens is 389 g/mol. The minimum absolute atomic E-state index is 0.0447. The summed E-state index contributed by atoms with van der Waals surface area (Å²) in [7, 11) is -3.92. The molecule has 1 aromatic carbocycles. The molecule has 0 aliphatic carbocycles. The van der Waals surface area contributed by atoms with Crippen molar-refractivity contribution in [1.82, 2.24) is 9.21 Å². The third-order valence-corrected chi connectivity index (χ3v) is 7.14. The van der Waals surface area contributed by atoms with Crippen LogP contribution in [0.3, 0.4) is 0 Å². The number of ether oxygens (including phenoxy) is 1. The molecule has 8 nitrogen and oxygen atoms in total. The van der Waals surface area contributed by atoms with Crippen LogP contribution in [-0.4, -0.2) is 68.3 Å². The molecule has 2 amide bonds. The summed E-state index contributed by atoms with van der Waals surface area (Å²) in [6, 6.07) is 3.69. The maximum absolute atomic E-state index is 13.1. The van der Waals surface area contributed by atoms with E-state index >= 15 is 0 Å². The van der Waals surface area contributed by atoms with E-state index in [1.807, 2.05) is 0 Å². The van der Waals surface area contributed by atoms with Gasteiger partial charge < -0.3 is 15.4 Å². The third kappa shape index (κ3) is 4.50. The van der Waals surface area contributed by atoms with E-state index in [-0.39, 0.29) is 30.4 Å². The number of primary amides is 1. The second-order valence-electron chi connectivity index (χ2n) is 7.09. The first-order valence-electron chi connectivity index (χ1n) is 9.21. The molecule has 0 saturated carbocycles. The maximum atomic E-state index is 13.1. The number of carbonyl (C=O) groups is 2. The van der Waals surface area contributed by atoms with Gasteiger partial charge in [0.2, 0.25) is 21.8 Å². The van der Waals surface area contributed by atoms with E-state index in [4.69, 9.17) is 10.5 Å². The molecule has 2 saturated heterocycles. The molecule has 1 aromatic rings. The molecule has 0 radical (unpaired) electrons. The second-order valence-corrected chi connectivity index (χ2v) is 9.03. The number of benzene rings is 1. The fraction of sp³-hybridized carbons (Fsp3) is 0.556. The van der Waals surface area contributed by atoms with Crippen molar-refractivity contribution in [3.05, 3.63) is 30.1 Å². The van der Waals surface area contributed by atoms with Crippen molar-refractivity contribution in [1.29, 1.82) is 0 Å². The van der Waals surface area contributed by atoms with E-state index in [1.165, 1.54) is 17.0 Å². The first-order chi connectivity index (χ1) is 13.3. The number of amides is 2. The fourth-order valence-electron chi connectivity index (χ4n) is 3.65. The zero-order chi connectivity index (χ0) is 20.3. The van der Waals surface area contributed by atoms with E-state index in [2.05, 4.69) is 0 Å². The van der Waals surface area contributed by atoms with Crippen LogP contribution in [0, 0.1) is 11.7 Å². The Balaban J connectivity index is 1.70. The largest absolute Gasteiger partial charge is 0.381 e. The Labute approximate surface area is 163 Å². The number of hydrogen-bond donors (Lipinski definition) is 1. The molecule has 2 aliphatic heterocycles. The Bertz CT molecular complexity index is 824. The average Bonchev–Trinajstić information content (AvgIpc) is 2.67. The summed E-state index contributed by atoms with van der Waals surface area (Å²) in [6.45, 7) is 0.984. The van der Waals surface area contributed by atoms with Crippen LogP contribution in [-0.2, 0) is 24.3 Å². The van der Waals surface area contributed by atoms with Crippen LogP contribution in [0.5, 0.6) is 0 Å². The molecular formula is C18H24FN3O5S. The summed E-state index contributed by atoms with van der Waals surface area (Å²) >= 11 is 0. The summed E-state index contributed by atoms with van der Waals surface area (Å²) in [5.74, 6) is -1.36. The van der Waals surface area contributed by atoms with Gasteiger partial charge in [0.05, 0.1) is 11.4 Å². The van der Waals surface area contributed by atoms with Crippen molar-refractivity contribution in [3.8, 4) is 0 Å². The highest BCUT2D eigenvalue weighted by molar-refractivity contribution is 7.89. The van der Waals surface area contributed by atoms with Gasteiger partial charge in [-0.25, -0.2) is 12.8 Å². The van der Waals surface area contributed by atoms with Crippen LogP contribution < -0.4 is 5.73 Å². The zero-order valence-corrected chi connectivity index (χ0v) is 16.2. The molecule has 28 heavy (non-hydrogen) atoms. The summed E-state index contributed by atoms with van der Waals surface area (Å²) in [4.78, 5) is 25.9. The lowest BCUT2D eigenvalue weighted by Gasteiger charge is -2.38. The van der Waals surface area contributed by atoms with E-state index < -0.39 is 33.7 Å².